The van der Waals surface area contributed by atoms with Crippen LogP contribution < -0.4 is 4.74 Å². The first-order valence-corrected chi connectivity index (χ1v) is 8.83. The SMILES string of the molecule is COc1ccc(C(=O)C2=NC3(CCCCC3)N=C2SC)cc1. The molecule has 0 radical (unpaired) electrons. The van der Waals surface area contributed by atoms with Gasteiger partial charge in [0.2, 0.25) is 5.78 Å². The van der Waals surface area contributed by atoms with Crippen molar-refractivity contribution in [2.24, 2.45) is 9.98 Å². The zero-order chi connectivity index (χ0) is 15.6. The van der Waals surface area contributed by atoms with E-state index < -0.39 is 0 Å². The van der Waals surface area contributed by atoms with E-state index in [1.54, 1.807) is 31.4 Å². The zero-order valence-corrected chi connectivity index (χ0v) is 13.8. The Labute approximate surface area is 135 Å². The predicted molar refractivity (Wildman–Crippen MR) is 91.5 cm³/mol. The summed E-state index contributed by atoms with van der Waals surface area (Å²) in [7, 11) is 1.61. The van der Waals surface area contributed by atoms with E-state index in [-0.39, 0.29) is 11.4 Å². The van der Waals surface area contributed by atoms with E-state index in [0.717, 1.165) is 36.5 Å². The monoisotopic (exact) mass is 316 g/mol. The number of benzene rings is 1. The van der Waals surface area contributed by atoms with Crippen LogP contribution in [0, 0.1) is 0 Å². The highest BCUT2D eigenvalue weighted by Crippen LogP contribution is 2.37. The molecule has 3 rings (SSSR count). The molecule has 0 saturated heterocycles. The van der Waals surface area contributed by atoms with Crippen LogP contribution >= 0.6 is 11.8 Å². The maximum absolute atomic E-state index is 12.8. The summed E-state index contributed by atoms with van der Waals surface area (Å²) in [6.07, 6.45) is 7.38. The van der Waals surface area contributed by atoms with Gasteiger partial charge in [-0.3, -0.25) is 4.79 Å². The van der Waals surface area contributed by atoms with Gasteiger partial charge in [-0.15, -0.1) is 11.8 Å². The molecule has 1 aliphatic heterocycles. The molecule has 2 aliphatic rings. The van der Waals surface area contributed by atoms with Crippen LogP contribution in [0.3, 0.4) is 0 Å². The summed E-state index contributed by atoms with van der Waals surface area (Å²) in [5.74, 6) is 0.700. The van der Waals surface area contributed by atoms with Crippen LogP contribution in [0.2, 0.25) is 0 Å². The number of ketones is 1. The van der Waals surface area contributed by atoms with E-state index in [1.807, 2.05) is 6.26 Å². The van der Waals surface area contributed by atoms with E-state index >= 15 is 0 Å². The predicted octanol–water partition coefficient (Wildman–Crippen LogP) is 3.75. The molecule has 22 heavy (non-hydrogen) atoms. The van der Waals surface area contributed by atoms with Crippen LogP contribution in [0.15, 0.2) is 34.3 Å². The second kappa shape index (κ2) is 6.24. The van der Waals surface area contributed by atoms with E-state index in [9.17, 15) is 4.79 Å². The number of aliphatic imine (C=N–C) groups is 2. The third kappa shape index (κ3) is 2.82. The first kappa shape index (κ1) is 15.3. The Morgan fingerprint density at radius 2 is 1.82 bits per heavy atom. The van der Waals surface area contributed by atoms with E-state index in [0.29, 0.717) is 11.3 Å². The Kier molecular flexibility index (Phi) is 4.34. The molecule has 0 bridgehead atoms. The molecule has 0 aromatic heterocycles. The molecule has 5 heteroatoms. The van der Waals surface area contributed by atoms with Gasteiger partial charge >= 0.3 is 0 Å². The number of ether oxygens (including phenoxy) is 1. The molecule has 1 spiro atoms. The lowest BCUT2D eigenvalue weighted by Crippen LogP contribution is -2.25. The minimum Gasteiger partial charge on any atom is -0.497 e. The number of carbonyl (C=O) groups is 1. The molecule has 1 aromatic carbocycles. The van der Waals surface area contributed by atoms with E-state index in [4.69, 9.17) is 14.7 Å². The average Bonchev–Trinajstić information content (AvgIpc) is 2.93. The highest BCUT2D eigenvalue weighted by atomic mass is 32.2. The van der Waals surface area contributed by atoms with Crippen LogP contribution in [0.5, 0.6) is 5.75 Å². The Bertz CT molecular complexity index is 629. The highest BCUT2D eigenvalue weighted by Gasteiger charge is 2.39. The molecule has 0 amide bonds. The average molecular weight is 316 g/mol. The molecular formula is C17H20N2O2S. The fourth-order valence-corrected chi connectivity index (χ4v) is 3.63. The summed E-state index contributed by atoms with van der Waals surface area (Å²) >= 11 is 1.51. The van der Waals surface area contributed by atoms with E-state index in [2.05, 4.69) is 0 Å². The van der Waals surface area contributed by atoms with Crippen molar-refractivity contribution < 1.29 is 9.53 Å². The van der Waals surface area contributed by atoms with Crippen LogP contribution in [0.25, 0.3) is 0 Å². The molecule has 0 unspecified atom stereocenters. The van der Waals surface area contributed by atoms with Crippen molar-refractivity contribution in [1.29, 1.82) is 0 Å². The fourth-order valence-electron chi connectivity index (χ4n) is 3.03. The minimum atomic E-state index is -0.367. The number of methoxy groups -OCH3 is 1. The minimum absolute atomic E-state index is 0.0433. The number of carbonyl (C=O) groups excluding carboxylic acids is 1. The van der Waals surface area contributed by atoms with Gasteiger partial charge < -0.3 is 4.74 Å². The topological polar surface area (TPSA) is 51.0 Å². The number of Topliss-reactive ketones (excluding diaryl/α,β-unsaturated/α-hetero) is 1. The number of nitrogens with zero attached hydrogens (tertiary/aromatic N) is 2. The molecule has 1 aliphatic carbocycles. The first-order valence-electron chi connectivity index (χ1n) is 7.60. The van der Waals surface area contributed by atoms with Gasteiger partial charge in [-0.1, -0.05) is 6.42 Å². The number of thioether (sulfide) groups is 1. The molecule has 1 fully saturated rings. The van der Waals surface area contributed by atoms with Gasteiger partial charge in [0.1, 0.15) is 16.5 Å². The summed E-state index contributed by atoms with van der Waals surface area (Å²) in [6.45, 7) is 0. The third-order valence-electron chi connectivity index (χ3n) is 4.25. The van der Waals surface area contributed by atoms with Gasteiger partial charge in [0.25, 0.3) is 0 Å². The Balaban J connectivity index is 1.90. The molecule has 1 heterocycles. The smallest absolute Gasteiger partial charge is 0.213 e. The van der Waals surface area contributed by atoms with Crippen molar-refractivity contribution in [3.8, 4) is 5.75 Å². The van der Waals surface area contributed by atoms with Crippen LogP contribution in [-0.2, 0) is 0 Å². The van der Waals surface area contributed by atoms with Crippen molar-refractivity contribution in [3.05, 3.63) is 29.8 Å². The lowest BCUT2D eigenvalue weighted by atomic mass is 9.90. The quantitative estimate of drug-likeness (QED) is 0.798. The summed E-state index contributed by atoms with van der Waals surface area (Å²) < 4.78 is 5.14. The van der Waals surface area contributed by atoms with Crippen molar-refractivity contribution in [1.82, 2.24) is 0 Å². The molecule has 1 aromatic rings. The zero-order valence-electron chi connectivity index (χ0n) is 13.0. The first-order chi connectivity index (χ1) is 10.7. The van der Waals surface area contributed by atoms with Crippen molar-refractivity contribution in [2.75, 3.05) is 13.4 Å². The van der Waals surface area contributed by atoms with Crippen LogP contribution in [0.1, 0.15) is 42.5 Å². The number of hydrogen-bond acceptors (Lipinski definition) is 5. The maximum atomic E-state index is 12.8. The van der Waals surface area contributed by atoms with Gasteiger partial charge in [0, 0.05) is 5.56 Å². The van der Waals surface area contributed by atoms with Crippen molar-refractivity contribution >= 4 is 28.3 Å². The van der Waals surface area contributed by atoms with Crippen LogP contribution in [0.4, 0.5) is 0 Å². The molecule has 0 atom stereocenters. The Morgan fingerprint density at radius 3 is 2.41 bits per heavy atom. The normalized spacial score (nSPS) is 19.7. The summed E-state index contributed by atoms with van der Waals surface area (Å²) in [6, 6.07) is 7.17. The lowest BCUT2D eigenvalue weighted by Gasteiger charge is -2.27. The van der Waals surface area contributed by atoms with Crippen molar-refractivity contribution in [2.45, 2.75) is 37.8 Å². The van der Waals surface area contributed by atoms with Gasteiger partial charge in [-0.25, -0.2) is 9.98 Å². The Hall–Kier alpha value is -1.62. The summed E-state index contributed by atoms with van der Waals surface area (Å²) in [4.78, 5) is 22.3. The van der Waals surface area contributed by atoms with Gasteiger partial charge in [0.05, 0.1) is 7.11 Å². The molecule has 116 valence electrons. The standard InChI is InChI=1S/C17H20N2O2S/c1-21-13-8-6-12(7-9-13)15(20)14-16(22-2)19-17(18-14)10-4-3-5-11-17/h6-9H,3-5,10-11H2,1-2H3. The molecule has 1 saturated carbocycles. The largest absolute Gasteiger partial charge is 0.497 e. The third-order valence-corrected chi connectivity index (χ3v) is 4.92. The van der Waals surface area contributed by atoms with Gasteiger partial charge in [0.15, 0.2) is 5.66 Å². The molecular weight excluding hydrogens is 296 g/mol. The number of hydrogen-bond donors (Lipinski definition) is 0. The van der Waals surface area contributed by atoms with Gasteiger partial charge in [-0.05, 0) is 56.2 Å². The molecule has 0 N–H and O–H groups in total. The second-order valence-electron chi connectivity index (χ2n) is 5.68. The lowest BCUT2D eigenvalue weighted by molar-refractivity contribution is 0.106. The molecule has 4 nitrogen and oxygen atoms in total. The van der Waals surface area contributed by atoms with Crippen LogP contribution in [-0.4, -0.2) is 35.6 Å². The van der Waals surface area contributed by atoms with Crippen molar-refractivity contribution in [3.63, 3.8) is 0 Å². The summed E-state index contributed by atoms with van der Waals surface area (Å²) in [5, 5.41) is 0.780. The maximum Gasteiger partial charge on any atom is 0.213 e. The van der Waals surface area contributed by atoms with E-state index in [1.165, 1.54) is 18.2 Å². The van der Waals surface area contributed by atoms with Gasteiger partial charge in [-0.2, -0.15) is 0 Å². The fraction of sp³-hybridized carbons (Fsp3) is 0.471. The Morgan fingerprint density at radius 1 is 1.14 bits per heavy atom. The number of rotatable bonds is 3. The second-order valence-corrected chi connectivity index (χ2v) is 6.48. The highest BCUT2D eigenvalue weighted by molar-refractivity contribution is 8.15. The summed E-state index contributed by atoms with van der Waals surface area (Å²) in [5.41, 5.74) is 0.794.